The van der Waals surface area contributed by atoms with Crippen molar-refractivity contribution in [2.24, 2.45) is 11.8 Å². The Morgan fingerprint density at radius 1 is 1.07 bits per heavy atom. The van der Waals surface area contributed by atoms with Gasteiger partial charge in [0, 0.05) is 23.9 Å². The molecule has 1 atom stereocenters. The van der Waals surface area contributed by atoms with E-state index >= 15 is 0 Å². The minimum absolute atomic E-state index is 0.250. The first-order chi connectivity index (χ1) is 13.3. The van der Waals surface area contributed by atoms with Crippen LogP contribution in [0.5, 0.6) is 5.75 Å². The number of amides is 1. The van der Waals surface area contributed by atoms with Gasteiger partial charge in [-0.05, 0) is 60.4 Å². The molecule has 0 aliphatic heterocycles. The van der Waals surface area contributed by atoms with E-state index in [2.05, 4.69) is 35.7 Å². The summed E-state index contributed by atoms with van der Waals surface area (Å²) in [5.41, 5.74) is 6.78. The summed E-state index contributed by atoms with van der Waals surface area (Å²) in [4.78, 5) is 12.0. The van der Waals surface area contributed by atoms with Crippen LogP contribution in [0.2, 0.25) is 0 Å². The van der Waals surface area contributed by atoms with Gasteiger partial charge in [0.15, 0.2) is 0 Å². The topological polar surface area (TPSA) is 38.3 Å². The third-order valence-corrected chi connectivity index (χ3v) is 6.08. The van der Waals surface area contributed by atoms with Crippen molar-refractivity contribution in [1.82, 2.24) is 5.32 Å². The molecule has 0 spiro atoms. The van der Waals surface area contributed by atoms with Crippen LogP contribution in [0.4, 0.5) is 0 Å². The summed E-state index contributed by atoms with van der Waals surface area (Å²) >= 11 is 0. The Hall–Kier alpha value is -2.55. The first-order valence-corrected chi connectivity index (χ1v) is 10.1. The molecule has 2 aromatic carbocycles. The van der Waals surface area contributed by atoms with Gasteiger partial charge < -0.3 is 10.1 Å². The van der Waals surface area contributed by atoms with Gasteiger partial charge in [0.25, 0.3) is 0 Å². The molecule has 1 amide bonds. The van der Waals surface area contributed by atoms with Crippen molar-refractivity contribution in [1.29, 1.82) is 0 Å². The fraction of sp³-hybridized carbons (Fsp3) is 0.375. The number of allylic oxidation sites excluding steroid dienone is 1. The van der Waals surface area contributed by atoms with E-state index in [0.29, 0.717) is 12.5 Å². The van der Waals surface area contributed by atoms with Crippen LogP contribution in [0.15, 0.2) is 48.5 Å². The van der Waals surface area contributed by atoms with E-state index in [0.717, 1.165) is 44.4 Å². The van der Waals surface area contributed by atoms with E-state index < -0.39 is 0 Å². The number of benzene rings is 2. The molecule has 0 saturated heterocycles. The van der Waals surface area contributed by atoms with Gasteiger partial charge in [-0.25, -0.2) is 0 Å². The monoisotopic (exact) mass is 359 g/mol. The SMILES string of the molecule is O=C(NCC1CCc2c(OCc3ccccc3)ccc3c2C1=CC3)C1CC1. The maximum atomic E-state index is 12.0. The second-order valence-corrected chi connectivity index (χ2v) is 7.97. The van der Waals surface area contributed by atoms with Crippen LogP contribution in [-0.4, -0.2) is 12.5 Å². The highest BCUT2D eigenvalue weighted by atomic mass is 16.5. The van der Waals surface area contributed by atoms with Gasteiger partial charge in [0.05, 0.1) is 0 Å². The summed E-state index contributed by atoms with van der Waals surface area (Å²) < 4.78 is 6.20. The van der Waals surface area contributed by atoms with Gasteiger partial charge in [0.2, 0.25) is 5.91 Å². The van der Waals surface area contributed by atoms with Crippen LogP contribution in [-0.2, 0) is 24.2 Å². The van der Waals surface area contributed by atoms with Gasteiger partial charge in [0.1, 0.15) is 12.4 Å². The number of carbonyl (C=O) groups is 1. The fourth-order valence-electron chi connectivity index (χ4n) is 4.42. The molecule has 3 aliphatic carbocycles. The van der Waals surface area contributed by atoms with Gasteiger partial charge in [-0.1, -0.05) is 42.5 Å². The molecule has 0 aromatic heterocycles. The standard InChI is InChI=1S/C24H25NO2/c26-24(18-6-7-18)25-14-19-9-12-21-22(27-15-16-4-2-1-3-5-16)13-10-17-8-11-20(19)23(17)21/h1-5,10-11,13,18-19H,6-9,12,14-15H2,(H,25,26). The lowest BCUT2D eigenvalue weighted by Crippen LogP contribution is -2.32. The normalized spacial score (nSPS) is 20.0. The van der Waals surface area contributed by atoms with Crippen molar-refractivity contribution in [3.63, 3.8) is 0 Å². The Kier molecular flexibility index (Phi) is 4.23. The first-order valence-electron chi connectivity index (χ1n) is 10.1. The fourth-order valence-corrected chi connectivity index (χ4v) is 4.42. The number of carbonyl (C=O) groups excluding carboxylic acids is 1. The van der Waals surface area contributed by atoms with Gasteiger partial charge in [-0.15, -0.1) is 0 Å². The molecular formula is C24H25NO2. The van der Waals surface area contributed by atoms with Crippen LogP contribution in [0.3, 0.4) is 0 Å². The van der Waals surface area contributed by atoms with Crippen LogP contribution >= 0.6 is 0 Å². The van der Waals surface area contributed by atoms with E-state index in [4.69, 9.17) is 4.74 Å². The number of rotatable bonds is 6. The molecule has 1 N–H and O–H groups in total. The molecule has 27 heavy (non-hydrogen) atoms. The van der Waals surface area contributed by atoms with E-state index in [1.807, 2.05) is 18.2 Å². The Balaban J connectivity index is 1.33. The van der Waals surface area contributed by atoms with E-state index in [-0.39, 0.29) is 11.8 Å². The predicted octanol–water partition coefficient (Wildman–Crippen LogP) is 4.29. The van der Waals surface area contributed by atoms with Crippen LogP contribution in [0, 0.1) is 11.8 Å². The molecule has 0 heterocycles. The summed E-state index contributed by atoms with van der Waals surface area (Å²) in [5.74, 6) is 1.99. The van der Waals surface area contributed by atoms with Crippen molar-refractivity contribution >= 4 is 11.5 Å². The first kappa shape index (κ1) is 16.6. The third kappa shape index (κ3) is 3.27. The zero-order valence-corrected chi connectivity index (χ0v) is 15.5. The predicted molar refractivity (Wildman–Crippen MR) is 106 cm³/mol. The van der Waals surface area contributed by atoms with Crippen LogP contribution < -0.4 is 10.1 Å². The highest BCUT2D eigenvalue weighted by Gasteiger charge is 2.33. The van der Waals surface area contributed by atoms with Crippen LogP contribution in [0.25, 0.3) is 5.57 Å². The average molecular weight is 359 g/mol. The molecule has 3 nitrogen and oxygen atoms in total. The van der Waals surface area contributed by atoms with Gasteiger partial charge >= 0.3 is 0 Å². The molecule has 3 heteroatoms. The van der Waals surface area contributed by atoms with Gasteiger partial charge in [-0.2, -0.15) is 0 Å². The summed E-state index contributed by atoms with van der Waals surface area (Å²) in [5, 5.41) is 3.18. The number of hydrogen-bond acceptors (Lipinski definition) is 2. The molecule has 0 bridgehead atoms. The summed E-state index contributed by atoms with van der Waals surface area (Å²) in [6.07, 6.45) is 7.60. The molecule has 5 rings (SSSR count). The van der Waals surface area contributed by atoms with Crippen molar-refractivity contribution in [2.75, 3.05) is 6.54 Å². The average Bonchev–Trinajstić information content (AvgIpc) is 3.48. The largest absolute Gasteiger partial charge is 0.489 e. The third-order valence-electron chi connectivity index (χ3n) is 6.08. The molecule has 138 valence electrons. The lowest BCUT2D eigenvalue weighted by molar-refractivity contribution is -0.122. The Labute approximate surface area is 160 Å². The summed E-state index contributed by atoms with van der Waals surface area (Å²) in [6, 6.07) is 14.7. The minimum Gasteiger partial charge on any atom is -0.489 e. The second kappa shape index (κ2) is 6.88. The molecule has 2 aromatic rings. The van der Waals surface area contributed by atoms with Gasteiger partial charge in [-0.3, -0.25) is 4.79 Å². The molecule has 0 radical (unpaired) electrons. The lowest BCUT2D eigenvalue weighted by Gasteiger charge is -2.28. The maximum absolute atomic E-state index is 12.0. The van der Waals surface area contributed by atoms with Crippen molar-refractivity contribution in [3.05, 3.63) is 70.8 Å². The van der Waals surface area contributed by atoms with E-state index in [9.17, 15) is 4.79 Å². The Morgan fingerprint density at radius 3 is 2.74 bits per heavy atom. The van der Waals surface area contributed by atoms with Crippen molar-refractivity contribution < 1.29 is 9.53 Å². The lowest BCUT2D eigenvalue weighted by atomic mass is 9.79. The zero-order chi connectivity index (χ0) is 18.2. The molecule has 1 fully saturated rings. The smallest absolute Gasteiger partial charge is 0.223 e. The van der Waals surface area contributed by atoms with E-state index in [1.54, 1.807) is 0 Å². The molecule has 1 saturated carbocycles. The zero-order valence-electron chi connectivity index (χ0n) is 15.5. The molecular weight excluding hydrogens is 334 g/mol. The number of hydrogen-bond donors (Lipinski definition) is 1. The molecule has 1 unspecified atom stereocenters. The van der Waals surface area contributed by atoms with Crippen molar-refractivity contribution in [3.8, 4) is 5.75 Å². The number of nitrogens with one attached hydrogen (secondary N) is 1. The summed E-state index contributed by atoms with van der Waals surface area (Å²) in [7, 11) is 0. The summed E-state index contributed by atoms with van der Waals surface area (Å²) in [6.45, 7) is 1.38. The quantitative estimate of drug-likeness (QED) is 0.835. The second-order valence-electron chi connectivity index (χ2n) is 7.97. The van der Waals surface area contributed by atoms with Crippen LogP contribution in [0.1, 0.15) is 41.5 Å². The maximum Gasteiger partial charge on any atom is 0.223 e. The number of ether oxygens (including phenoxy) is 1. The molecule has 3 aliphatic rings. The highest BCUT2D eigenvalue weighted by Crippen LogP contribution is 2.45. The highest BCUT2D eigenvalue weighted by molar-refractivity contribution is 5.83. The Morgan fingerprint density at radius 2 is 1.93 bits per heavy atom. The minimum atomic E-state index is 0.250. The van der Waals surface area contributed by atoms with E-state index in [1.165, 1.54) is 27.8 Å². The van der Waals surface area contributed by atoms with Crippen molar-refractivity contribution in [2.45, 2.75) is 38.7 Å². The Bertz CT molecular complexity index is 896.